The first kappa shape index (κ1) is 17.5. The van der Waals surface area contributed by atoms with Gasteiger partial charge in [0.15, 0.2) is 11.5 Å². The highest BCUT2D eigenvalue weighted by atomic mass is 32.1. The lowest BCUT2D eigenvalue weighted by atomic mass is 9.98. The minimum absolute atomic E-state index is 0.176. The molecule has 2 heterocycles. The van der Waals surface area contributed by atoms with E-state index < -0.39 is 0 Å². The summed E-state index contributed by atoms with van der Waals surface area (Å²) in [6, 6.07) is 14.0. The molecule has 0 saturated carbocycles. The minimum Gasteiger partial charge on any atom is -0.486 e. The summed E-state index contributed by atoms with van der Waals surface area (Å²) in [7, 11) is 0. The topological polar surface area (TPSA) is 57.7 Å². The number of benzene rings is 2. The van der Waals surface area contributed by atoms with Gasteiger partial charge >= 0.3 is 5.97 Å². The van der Waals surface area contributed by atoms with Gasteiger partial charge in [-0.25, -0.2) is 4.98 Å². The molecule has 0 saturated heterocycles. The molecule has 0 N–H and O–H groups in total. The summed E-state index contributed by atoms with van der Waals surface area (Å²) in [5.74, 6) is 1.22. The molecular weight excluding hydrogens is 362 g/mol. The van der Waals surface area contributed by atoms with Crippen molar-refractivity contribution in [3.8, 4) is 33.2 Å². The first-order valence-electron chi connectivity index (χ1n) is 8.84. The molecule has 0 amide bonds. The molecule has 5 nitrogen and oxygen atoms in total. The van der Waals surface area contributed by atoms with Crippen molar-refractivity contribution in [3.05, 3.63) is 53.5 Å². The van der Waals surface area contributed by atoms with E-state index >= 15 is 0 Å². The van der Waals surface area contributed by atoms with Crippen LogP contribution in [-0.4, -0.2) is 30.8 Å². The Morgan fingerprint density at radius 1 is 1.15 bits per heavy atom. The number of hydrogen-bond donors (Lipinski definition) is 0. The number of fused-ring (bicyclic) bond motifs is 1. The Hall–Kier alpha value is -2.86. The predicted molar refractivity (Wildman–Crippen MR) is 104 cm³/mol. The van der Waals surface area contributed by atoms with Gasteiger partial charge in [-0.3, -0.25) is 4.79 Å². The molecule has 2 aromatic carbocycles. The molecule has 0 bridgehead atoms. The molecule has 1 aliphatic rings. The van der Waals surface area contributed by atoms with E-state index in [1.165, 1.54) is 11.3 Å². The smallest absolute Gasteiger partial charge is 0.311 e. The summed E-state index contributed by atoms with van der Waals surface area (Å²) < 4.78 is 16.7. The van der Waals surface area contributed by atoms with E-state index in [1.807, 2.05) is 47.8 Å². The van der Waals surface area contributed by atoms with Crippen LogP contribution in [0, 0.1) is 0 Å². The fourth-order valence-corrected chi connectivity index (χ4v) is 3.91. The maximum Gasteiger partial charge on any atom is 0.311 e. The van der Waals surface area contributed by atoms with Gasteiger partial charge in [-0.05, 0) is 24.6 Å². The number of ether oxygens (including phenoxy) is 3. The molecule has 4 rings (SSSR count). The zero-order valence-corrected chi connectivity index (χ0v) is 15.8. The normalized spacial score (nSPS) is 12.6. The number of nitrogens with zero attached hydrogens (tertiary/aromatic N) is 1. The van der Waals surface area contributed by atoms with E-state index in [9.17, 15) is 4.79 Å². The monoisotopic (exact) mass is 381 g/mol. The number of esters is 1. The van der Waals surface area contributed by atoms with Crippen LogP contribution in [0.1, 0.15) is 12.6 Å². The van der Waals surface area contributed by atoms with Crippen molar-refractivity contribution in [2.45, 2.75) is 13.3 Å². The maximum atomic E-state index is 11.7. The van der Waals surface area contributed by atoms with Crippen LogP contribution in [0.3, 0.4) is 0 Å². The first-order chi connectivity index (χ1) is 13.3. The lowest BCUT2D eigenvalue weighted by Crippen LogP contribution is -2.16. The molecule has 6 heteroatoms. The van der Waals surface area contributed by atoms with E-state index in [0.717, 1.165) is 33.2 Å². The summed E-state index contributed by atoms with van der Waals surface area (Å²) in [6.07, 6.45) is 0.176. The number of rotatable bonds is 5. The maximum absolute atomic E-state index is 11.7. The summed E-state index contributed by atoms with van der Waals surface area (Å²) in [5.41, 5.74) is 3.68. The quantitative estimate of drug-likeness (QED) is 0.615. The number of aromatic nitrogens is 1. The van der Waals surface area contributed by atoms with Gasteiger partial charge in [-0.15, -0.1) is 11.3 Å². The highest BCUT2D eigenvalue weighted by Gasteiger charge is 2.23. The zero-order valence-electron chi connectivity index (χ0n) is 14.9. The van der Waals surface area contributed by atoms with Gasteiger partial charge in [-0.1, -0.05) is 30.3 Å². The molecule has 138 valence electrons. The van der Waals surface area contributed by atoms with Crippen molar-refractivity contribution in [1.82, 2.24) is 4.98 Å². The second kappa shape index (κ2) is 7.80. The summed E-state index contributed by atoms with van der Waals surface area (Å²) in [4.78, 5) is 16.4. The molecule has 0 aliphatic carbocycles. The van der Waals surface area contributed by atoms with E-state index in [4.69, 9.17) is 14.2 Å². The first-order valence-corrected chi connectivity index (χ1v) is 9.72. The average molecular weight is 381 g/mol. The molecule has 0 spiro atoms. The van der Waals surface area contributed by atoms with Gasteiger partial charge in [-0.2, -0.15) is 0 Å². The van der Waals surface area contributed by atoms with E-state index in [0.29, 0.717) is 25.5 Å². The summed E-state index contributed by atoms with van der Waals surface area (Å²) >= 11 is 1.51. The number of hydrogen-bond acceptors (Lipinski definition) is 6. The van der Waals surface area contributed by atoms with Gasteiger partial charge in [0.05, 0.1) is 18.7 Å². The second-order valence-corrected chi connectivity index (χ2v) is 6.86. The Morgan fingerprint density at radius 3 is 2.78 bits per heavy atom. The predicted octanol–water partition coefficient (Wildman–Crippen LogP) is 4.35. The van der Waals surface area contributed by atoms with E-state index in [1.54, 1.807) is 6.92 Å². The van der Waals surface area contributed by atoms with Gasteiger partial charge < -0.3 is 14.2 Å². The molecule has 3 aromatic rings. The summed E-state index contributed by atoms with van der Waals surface area (Å²) in [5, 5.41) is 2.74. The highest BCUT2D eigenvalue weighted by Crippen LogP contribution is 2.46. The Bertz CT molecular complexity index is 952. The molecule has 0 radical (unpaired) electrons. The van der Waals surface area contributed by atoms with Gasteiger partial charge in [0.2, 0.25) is 0 Å². The van der Waals surface area contributed by atoms with Crippen LogP contribution in [0.25, 0.3) is 21.7 Å². The molecule has 1 aromatic heterocycles. The summed E-state index contributed by atoms with van der Waals surface area (Å²) in [6.45, 7) is 3.23. The van der Waals surface area contributed by atoms with Crippen molar-refractivity contribution in [2.75, 3.05) is 19.8 Å². The van der Waals surface area contributed by atoms with E-state index in [2.05, 4.69) is 4.98 Å². The third-order valence-corrected chi connectivity index (χ3v) is 5.11. The Balaban J connectivity index is 1.77. The van der Waals surface area contributed by atoms with Crippen LogP contribution >= 0.6 is 11.3 Å². The molecule has 0 atom stereocenters. The SMILES string of the molecule is CCOC(=O)Cc1csc(-c2ccc3c(c2-c2ccccc2)OCCO3)n1. The molecule has 0 unspecified atom stereocenters. The van der Waals surface area contributed by atoms with Gasteiger partial charge in [0, 0.05) is 16.5 Å². The largest absolute Gasteiger partial charge is 0.486 e. The van der Waals surface area contributed by atoms with Crippen molar-refractivity contribution >= 4 is 17.3 Å². The van der Waals surface area contributed by atoms with Crippen molar-refractivity contribution in [2.24, 2.45) is 0 Å². The highest BCUT2D eigenvalue weighted by molar-refractivity contribution is 7.13. The second-order valence-electron chi connectivity index (χ2n) is 6.00. The number of carbonyl (C=O) groups is 1. The third kappa shape index (κ3) is 3.66. The van der Waals surface area contributed by atoms with Crippen molar-refractivity contribution in [1.29, 1.82) is 0 Å². The Labute approximate surface area is 161 Å². The minimum atomic E-state index is -0.264. The van der Waals surface area contributed by atoms with Crippen molar-refractivity contribution in [3.63, 3.8) is 0 Å². The fraction of sp³-hybridized carbons (Fsp3) is 0.238. The lowest BCUT2D eigenvalue weighted by Gasteiger charge is -2.23. The van der Waals surface area contributed by atoms with Crippen LogP contribution in [-0.2, 0) is 16.0 Å². The number of carbonyl (C=O) groups excluding carboxylic acids is 1. The molecular formula is C21H19NO4S. The lowest BCUT2D eigenvalue weighted by molar-refractivity contribution is -0.142. The average Bonchev–Trinajstić information content (AvgIpc) is 3.16. The van der Waals surface area contributed by atoms with Crippen molar-refractivity contribution < 1.29 is 19.0 Å². The van der Waals surface area contributed by atoms with Crippen LogP contribution < -0.4 is 9.47 Å². The van der Waals surface area contributed by atoms with E-state index in [-0.39, 0.29) is 12.4 Å². The van der Waals surface area contributed by atoms with Crippen LogP contribution in [0.4, 0.5) is 0 Å². The van der Waals surface area contributed by atoms with Crippen LogP contribution in [0.15, 0.2) is 47.8 Å². The van der Waals surface area contributed by atoms with Gasteiger partial charge in [0.25, 0.3) is 0 Å². The molecule has 0 fully saturated rings. The van der Waals surface area contributed by atoms with Crippen LogP contribution in [0.5, 0.6) is 11.5 Å². The fourth-order valence-electron chi connectivity index (χ4n) is 3.06. The van der Waals surface area contributed by atoms with Crippen LogP contribution in [0.2, 0.25) is 0 Å². The number of thiazole rings is 1. The Morgan fingerprint density at radius 2 is 1.96 bits per heavy atom. The molecule has 27 heavy (non-hydrogen) atoms. The third-order valence-electron chi connectivity index (χ3n) is 4.18. The standard InChI is InChI=1S/C21H19NO4S/c1-2-24-18(23)12-15-13-27-21(22-15)16-8-9-17-20(26-11-10-25-17)19(16)14-6-4-3-5-7-14/h3-9,13H,2,10-12H2,1H3. The Kier molecular flexibility index (Phi) is 5.07. The molecule has 1 aliphatic heterocycles. The van der Waals surface area contributed by atoms with Gasteiger partial charge in [0.1, 0.15) is 18.2 Å². The zero-order chi connectivity index (χ0) is 18.6.